The van der Waals surface area contributed by atoms with Crippen LogP contribution in [0.15, 0.2) is 176 Å². The lowest BCUT2D eigenvalue weighted by Gasteiger charge is -2.26. The Hall–Kier alpha value is -5.84. The summed E-state index contributed by atoms with van der Waals surface area (Å²) in [5.74, 6) is 0. The Morgan fingerprint density at radius 2 is 0.698 bits per heavy atom. The van der Waals surface area contributed by atoms with Crippen molar-refractivity contribution in [1.29, 1.82) is 0 Å². The Morgan fingerprint density at radius 3 is 1.19 bits per heavy atom. The van der Waals surface area contributed by atoms with Crippen molar-refractivity contribution in [3.8, 4) is 39.8 Å². The van der Waals surface area contributed by atoms with Crippen molar-refractivity contribution in [1.82, 2.24) is 0 Å². The molecule has 204 valence electrons. The first kappa shape index (κ1) is 27.3. The van der Waals surface area contributed by atoms with Gasteiger partial charge in [0.15, 0.2) is 0 Å². The maximum Gasteiger partial charge on any atom is 0.0462 e. The van der Waals surface area contributed by atoms with Crippen LogP contribution < -0.4 is 4.90 Å². The van der Waals surface area contributed by atoms with Gasteiger partial charge in [-0.15, -0.1) is 0 Å². The van der Waals surface area contributed by atoms with Gasteiger partial charge in [-0.05, 0) is 80.6 Å². The van der Waals surface area contributed by atoms with Crippen molar-refractivity contribution in [3.63, 3.8) is 0 Å². The molecule has 0 N–H and O–H groups in total. The minimum atomic E-state index is 1.12. The van der Waals surface area contributed by atoms with Crippen LogP contribution in [0.25, 0.3) is 44.2 Å². The van der Waals surface area contributed by atoms with Gasteiger partial charge in [0.2, 0.25) is 0 Å². The molecule has 0 atom stereocenters. The molecule has 0 aliphatic carbocycles. The Balaban J connectivity index is 0.00000161. The predicted molar refractivity (Wildman–Crippen MR) is 183 cm³/mol. The highest BCUT2D eigenvalue weighted by Gasteiger charge is 2.14. The molecule has 0 aliphatic rings. The minimum absolute atomic E-state index is 1.12. The van der Waals surface area contributed by atoms with Gasteiger partial charge in [0.1, 0.15) is 0 Å². The fraction of sp³-hybridized carbons (Fsp3) is 0. The molecule has 0 bridgehead atoms. The number of hydrogen-bond donors (Lipinski definition) is 0. The molecule has 0 unspecified atom stereocenters. The number of nitrogens with zero attached hydrogens (tertiary/aromatic N) is 1. The third-order valence-electron chi connectivity index (χ3n) is 7.69. The summed E-state index contributed by atoms with van der Waals surface area (Å²) in [4.78, 5) is 2.33. The van der Waals surface area contributed by atoms with Crippen LogP contribution in [0.4, 0.5) is 17.1 Å². The maximum absolute atomic E-state index is 5.25. The standard InChI is InChI=1S/C40H29N.C2H/c1-3-10-30(11-4-1)32-18-24-36(25-19-32)41(37-26-20-33(21-27-37)31-12-5-2-6-13-31)38-28-22-35(23-29-38)40-17-9-15-34-14-7-8-16-39(34)40;1-2/h1-29H;1H/q;-1. The topological polar surface area (TPSA) is 3.24 Å². The second-order valence-electron chi connectivity index (χ2n) is 10.2. The number of rotatable bonds is 6. The molecule has 0 aliphatic heterocycles. The lowest BCUT2D eigenvalue weighted by molar-refractivity contribution is 1.28. The monoisotopic (exact) mass is 548 g/mol. The first-order valence-electron chi connectivity index (χ1n) is 14.3. The summed E-state index contributed by atoms with van der Waals surface area (Å²) in [5.41, 5.74) is 10.7. The smallest absolute Gasteiger partial charge is 0.0462 e. The van der Waals surface area contributed by atoms with Gasteiger partial charge < -0.3 is 17.7 Å². The molecule has 43 heavy (non-hydrogen) atoms. The third kappa shape index (κ3) is 5.82. The molecule has 1 nitrogen and oxygen atoms in total. The summed E-state index contributed by atoms with van der Waals surface area (Å²) < 4.78 is 0. The van der Waals surface area contributed by atoms with Gasteiger partial charge in [-0.2, -0.15) is 0 Å². The Bertz CT molecular complexity index is 1850. The van der Waals surface area contributed by atoms with E-state index in [0.29, 0.717) is 0 Å². The molecule has 0 saturated heterocycles. The molecule has 0 saturated carbocycles. The van der Waals surface area contributed by atoms with Gasteiger partial charge in [0, 0.05) is 17.1 Å². The fourth-order valence-corrected chi connectivity index (χ4v) is 5.58. The van der Waals surface area contributed by atoms with E-state index in [1.807, 2.05) is 0 Å². The lowest BCUT2D eigenvalue weighted by atomic mass is 9.98. The quantitative estimate of drug-likeness (QED) is 0.148. The van der Waals surface area contributed by atoms with Crippen molar-refractivity contribution >= 4 is 27.8 Å². The number of benzene rings is 7. The van der Waals surface area contributed by atoms with Gasteiger partial charge in [0.25, 0.3) is 0 Å². The summed E-state index contributed by atoms with van der Waals surface area (Å²) >= 11 is 0. The lowest BCUT2D eigenvalue weighted by Crippen LogP contribution is -2.09. The van der Waals surface area contributed by atoms with E-state index in [-0.39, 0.29) is 0 Å². The zero-order valence-corrected chi connectivity index (χ0v) is 23.8. The SMILES string of the molecule is [C-]#C.c1ccc(-c2ccc(N(c3ccc(-c4ccccc4)cc3)c3ccc(-c4cccc5ccccc45)cc3)cc2)cc1. The molecule has 0 fully saturated rings. The minimum Gasteiger partial charge on any atom is -0.697 e. The zero-order valence-electron chi connectivity index (χ0n) is 23.8. The largest absolute Gasteiger partial charge is 0.697 e. The van der Waals surface area contributed by atoms with Gasteiger partial charge in [-0.3, -0.25) is 0 Å². The van der Waals surface area contributed by atoms with Gasteiger partial charge in [-0.1, -0.05) is 140 Å². The molecule has 7 aromatic carbocycles. The summed E-state index contributed by atoms with van der Waals surface area (Å²) in [5, 5.41) is 2.53. The molecular formula is C42H30N-. The average molecular weight is 549 g/mol. The number of terminal acetylenes is 1. The normalized spacial score (nSPS) is 10.5. The van der Waals surface area contributed by atoms with E-state index in [1.165, 1.54) is 44.2 Å². The molecule has 0 radical (unpaired) electrons. The van der Waals surface area contributed by atoms with Gasteiger partial charge in [-0.25, -0.2) is 0 Å². The predicted octanol–water partition coefficient (Wildman–Crippen LogP) is 11.5. The highest BCUT2D eigenvalue weighted by molar-refractivity contribution is 5.97. The van der Waals surface area contributed by atoms with Gasteiger partial charge >= 0.3 is 0 Å². The van der Waals surface area contributed by atoms with Crippen LogP contribution in [0.3, 0.4) is 0 Å². The van der Waals surface area contributed by atoms with E-state index in [1.54, 1.807) is 0 Å². The Morgan fingerprint density at radius 1 is 0.326 bits per heavy atom. The number of anilines is 3. The first-order valence-corrected chi connectivity index (χ1v) is 14.3. The second-order valence-corrected chi connectivity index (χ2v) is 10.2. The molecule has 7 rings (SSSR count). The number of fused-ring (bicyclic) bond motifs is 1. The molecule has 7 aromatic rings. The van der Waals surface area contributed by atoms with Crippen molar-refractivity contribution in [2.24, 2.45) is 0 Å². The van der Waals surface area contributed by atoms with Crippen LogP contribution in [0.2, 0.25) is 0 Å². The molecular weight excluding hydrogens is 518 g/mol. The van der Waals surface area contributed by atoms with Crippen molar-refractivity contribution in [2.45, 2.75) is 0 Å². The molecule has 0 amide bonds. The second kappa shape index (κ2) is 12.8. The highest BCUT2D eigenvalue weighted by Crippen LogP contribution is 2.38. The van der Waals surface area contributed by atoms with Crippen LogP contribution in [0.1, 0.15) is 0 Å². The highest BCUT2D eigenvalue weighted by atomic mass is 15.1. The molecule has 0 spiro atoms. The summed E-state index contributed by atoms with van der Waals surface area (Å²) in [6.45, 7) is 0. The zero-order chi connectivity index (χ0) is 29.4. The molecule has 1 heteroatoms. The van der Waals surface area contributed by atoms with E-state index in [2.05, 4.69) is 187 Å². The maximum atomic E-state index is 5.25. The van der Waals surface area contributed by atoms with Crippen molar-refractivity contribution in [3.05, 3.63) is 182 Å². The summed E-state index contributed by atoms with van der Waals surface area (Å²) in [6.07, 6.45) is 9.00. The summed E-state index contributed by atoms with van der Waals surface area (Å²) in [7, 11) is 0. The third-order valence-corrected chi connectivity index (χ3v) is 7.69. The van der Waals surface area contributed by atoms with E-state index >= 15 is 0 Å². The van der Waals surface area contributed by atoms with Crippen LogP contribution in [0.5, 0.6) is 0 Å². The van der Waals surface area contributed by atoms with E-state index in [0.717, 1.165) is 17.1 Å². The van der Waals surface area contributed by atoms with Crippen molar-refractivity contribution in [2.75, 3.05) is 4.90 Å². The first-order chi connectivity index (χ1) is 21.3. The van der Waals surface area contributed by atoms with E-state index in [9.17, 15) is 0 Å². The van der Waals surface area contributed by atoms with E-state index in [4.69, 9.17) is 6.42 Å². The van der Waals surface area contributed by atoms with Crippen LogP contribution in [-0.2, 0) is 0 Å². The van der Waals surface area contributed by atoms with Crippen LogP contribution in [0, 0.1) is 12.8 Å². The summed E-state index contributed by atoms with van der Waals surface area (Å²) in [6, 6.07) is 62.8. The molecule has 0 heterocycles. The van der Waals surface area contributed by atoms with Crippen molar-refractivity contribution < 1.29 is 0 Å². The van der Waals surface area contributed by atoms with E-state index < -0.39 is 0 Å². The van der Waals surface area contributed by atoms with Crippen LogP contribution in [-0.4, -0.2) is 0 Å². The molecule has 0 aromatic heterocycles. The Labute approximate surface area is 254 Å². The average Bonchev–Trinajstić information content (AvgIpc) is 3.11. The Kier molecular flexibility index (Phi) is 8.12. The van der Waals surface area contributed by atoms with Crippen LogP contribution >= 0.6 is 0 Å². The number of hydrogen-bond acceptors (Lipinski definition) is 1. The van der Waals surface area contributed by atoms with Gasteiger partial charge in [0.05, 0.1) is 0 Å². The fourth-order valence-electron chi connectivity index (χ4n) is 5.58.